The van der Waals surface area contributed by atoms with E-state index in [1.807, 2.05) is 0 Å². The van der Waals surface area contributed by atoms with Crippen molar-refractivity contribution >= 4 is 5.95 Å². The fraction of sp³-hybridized carbons (Fsp3) is 0.875. The minimum atomic E-state index is 0.351. The molecule has 2 N–H and O–H groups in total. The molecule has 1 aromatic heterocycles. The molecule has 1 aromatic rings. The van der Waals surface area contributed by atoms with E-state index in [0.29, 0.717) is 11.4 Å². The summed E-state index contributed by atoms with van der Waals surface area (Å²) in [5.41, 5.74) is 5.96. The number of anilines is 1. The number of aromatic nitrogens is 4. The monoisotopic (exact) mass is 181 g/mol. The van der Waals surface area contributed by atoms with Gasteiger partial charge in [-0.25, -0.2) is 4.68 Å². The van der Waals surface area contributed by atoms with Gasteiger partial charge >= 0.3 is 0 Å². The smallest absolute Gasteiger partial charge is 0.240 e. The minimum Gasteiger partial charge on any atom is -0.367 e. The van der Waals surface area contributed by atoms with Crippen LogP contribution in [0.15, 0.2) is 0 Å². The van der Waals surface area contributed by atoms with Crippen molar-refractivity contribution in [2.24, 2.45) is 5.41 Å². The molecule has 0 aromatic carbocycles. The first kappa shape index (κ1) is 8.47. The van der Waals surface area contributed by atoms with Crippen LogP contribution in [0.2, 0.25) is 0 Å². The first-order valence-electron chi connectivity index (χ1n) is 4.71. The number of nitrogens with zero attached hydrogens (tertiary/aromatic N) is 4. The fourth-order valence-electron chi connectivity index (χ4n) is 2.07. The normalized spacial score (nSPS) is 20.7. The summed E-state index contributed by atoms with van der Waals surface area (Å²) in [4.78, 5) is 0. The highest BCUT2D eigenvalue weighted by Gasteiger charge is 2.30. The zero-order chi connectivity index (χ0) is 9.31. The summed E-state index contributed by atoms with van der Waals surface area (Å²) in [6.45, 7) is 3.13. The first-order valence-corrected chi connectivity index (χ1v) is 4.71. The Kier molecular flexibility index (Phi) is 1.94. The average Bonchev–Trinajstić information content (AvgIpc) is 2.64. The van der Waals surface area contributed by atoms with Crippen LogP contribution in [0.4, 0.5) is 5.95 Å². The van der Waals surface area contributed by atoms with Crippen molar-refractivity contribution in [3.05, 3.63) is 0 Å². The third-order valence-corrected chi connectivity index (χ3v) is 2.90. The number of rotatable bonds is 2. The lowest BCUT2D eigenvalue weighted by atomic mass is 9.89. The van der Waals surface area contributed by atoms with E-state index >= 15 is 0 Å². The molecule has 0 spiro atoms. The average molecular weight is 181 g/mol. The van der Waals surface area contributed by atoms with Crippen molar-refractivity contribution in [1.82, 2.24) is 20.2 Å². The quantitative estimate of drug-likeness (QED) is 0.733. The summed E-state index contributed by atoms with van der Waals surface area (Å²) in [6.07, 6.45) is 5.15. The summed E-state index contributed by atoms with van der Waals surface area (Å²) in [7, 11) is 0. The largest absolute Gasteiger partial charge is 0.367 e. The maximum atomic E-state index is 5.60. The van der Waals surface area contributed by atoms with Gasteiger partial charge in [0.1, 0.15) is 0 Å². The number of tetrazole rings is 1. The maximum Gasteiger partial charge on any atom is 0.240 e. The van der Waals surface area contributed by atoms with E-state index < -0.39 is 0 Å². The van der Waals surface area contributed by atoms with Gasteiger partial charge in [0.2, 0.25) is 5.95 Å². The molecule has 0 unspecified atom stereocenters. The van der Waals surface area contributed by atoms with E-state index in [1.54, 1.807) is 4.68 Å². The molecule has 0 bridgehead atoms. The van der Waals surface area contributed by atoms with Crippen molar-refractivity contribution in [2.75, 3.05) is 5.73 Å². The molecule has 72 valence electrons. The standard InChI is InChI=1S/C8H15N5/c1-8(4-2-3-5-8)6-13-7(9)10-11-12-13/h2-6H2,1H3,(H2,9,10,12). The van der Waals surface area contributed by atoms with Crippen LogP contribution in [0.3, 0.4) is 0 Å². The fourth-order valence-corrected chi connectivity index (χ4v) is 2.07. The summed E-state index contributed by atoms with van der Waals surface area (Å²) in [5.74, 6) is 0.424. The van der Waals surface area contributed by atoms with Gasteiger partial charge in [0.25, 0.3) is 0 Å². The van der Waals surface area contributed by atoms with E-state index in [-0.39, 0.29) is 0 Å². The lowest BCUT2D eigenvalue weighted by molar-refractivity contribution is 0.267. The molecule has 5 heteroatoms. The minimum absolute atomic E-state index is 0.351. The Hall–Kier alpha value is -1.13. The van der Waals surface area contributed by atoms with Crippen molar-refractivity contribution < 1.29 is 0 Å². The van der Waals surface area contributed by atoms with Crippen LogP contribution in [-0.4, -0.2) is 20.2 Å². The predicted octanol–water partition coefficient (Wildman–Crippen LogP) is 0.836. The zero-order valence-electron chi connectivity index (χ0n) is 7.90. The van der Waals surface area contributed by atoms with Crippen LogP contribution in [0.5, 0.6) is 0 Å². The predicted molar refractivity (Wildman–Crippen MR) is 48.8 cm³/mol. The van der Waals surface area contributed by atoms with Gasteiger partial charge in [-0.2, -0.15) is 0 Å². The van der Waals surface area contributed by atoms with Crippen molar-refractivity contribution in [2.45, 2.75) is 39.2 Å². The van der Waals surface area contributed by atoms with Crippen molar-refractivity contribution in [3.63, 3.8) is 0 Å². The third kappa shape index (κ3) is 1.64. The van der Waals surface area contributed by atoms with Crippen molar-refractivity contribution in [1.29, 1.82) is 0 Å². The second kappa shape index (κ2) is 2.97. The van der Waals surface area contributed by atoms with Gasteiger partial charge in [-0.3, -0.25) is 0 Å². The maximum absolute atomic E-state index is 5.60. The Morgan fingerprint density at radius 3 is 2.69 bits per heavy atom. The molecule has 0 atom stereocenters. The van der Waals surface area contributed by atoms with E-state index in [4.69, 9.17) is 5.73 Å². The van der Waals surface area contributed by atoms with Gasteiger partial charge in [0.15, 0.2) is 0 Å². The highest BCUT2D eigenvalue weighted by Crippen LogP contribution is 2.38. The van der Waals surface area contributed by atoms with Crippen LogP contribution < -0.4 is 5.73 Å². The second-order valence-electron chi connectivity index (χ2n) is 4.21. The highest BCUT2D eigenvalue weighted by atomic mass is 15.6. The van der Waals surface area contributed by atoms with Gasteiger partial charge in [-0.15, -0.1) is 0 Å². The van der Waals surface area contributed by atoms with E-state index in [2.05, 4.69) is 22.4 Å². The molecule has 0 saturated heterocycles. The molecule has 13 heavy (non-hydrogen) atoms. The topological polar surface area (TPSA) is 69.6 Å². The lowest BCUT2D eigenvalue weighted by Gasteiger charge is -2.22. The van der Waals surface area contributed by atoms with Gasteiger partial charge < -0.3 is 5.73 Å². The van der Waals surface area contributed by atoms with E-state index in [0.717, 1.165) is 6.54 Å². The molecular formula is C8H15N5. The van der Waals surface area contributed by atoms with Crippen LogP contribution in [0.1, 0.15) is 32.6 Å². The Balaban J connectivity index is 2.09. The molecule has 1 fully saturated rings. The Morgan fingerprint density at radius 1 is 1.46 bits per heavy atom. The Morgan fingerprint density at radius 2 is 2.15 bits per heavy atom. The molecule has 0 aliphatic heterocycles. The summed E-state index contributed by atoms with van der Waals surface area (Å²) >= 11 is 0. The van der Waals surface area contributed by atoms with Crippen LogP contribution in [-0.2, 0) is 6.54 Å². The molecule has 1 aliphatic carbocycles. The van der Waals surface area contributed by atoms with Crippen LogP contribution >= 0.6 is 0 Å². The van der Waals surface area contributed by atoms with Gasteiger partial charge in [-0.05, 0) is 28.7 Å². The second-order valence-corrected chi connectivity index (χ2v) is 4.21. The lowest BCUT2D eigenvalue weighted by Crippen LogP contribution is -2.21. The van der Waals surface area contributed by atoms with E-state index in [1.165, 1.54) is 25.7 Å². The molecule has 1 aliphatic rings. The van der Waals surface area contributed by atoms with Gasteiger partial charge in [0, 0.05) is 0 Å². The molecule has 1 saturated carbocycles. The van der Waals surface area contributed by atoms with Crippen molar-refractivity contribution in [3.8, 4) is 0 Å². The first-order chi connectivity index (χ1) is 6.20. The SMILES string of the molecule is CC1(Cn2nnnc2N)CCCC1. The zero-order valence-corrected chi connectivity index (χ0v) is 7.90. The molecule has 0 radical (unpaired) electrons. The van der Waals surface area contributed by atoms with Crippen LogP contribution in [0.25, 0.3) is 0 Å². The number of nitrogens with two attached hydrogens (primary N) is 1. The summed E-state index contributed by atoms with van der Waals surface area (Å²) < 4.78 is 1.70. The van der Waals surface area contributed by atoms with Crippen LogP contribution in [0, 0.1) is 5.41 Å². The van der Waals surface area contributed by atoms with Gasteiger partial charge in [0.05, 0.1) is 6.54 Å². The number of nitrogen functional groups attached to an aromatic ring is 1. The molecule has 1 heterocycles. The molecule has 2 rings (SSSR count). The molecule has 5 nitrogen and oxygen atoms in total. The number of hydrogen-bond donors (Lipinski definition) is 1. The Bertz CT molecular complexity index is 286. The third-order valence-electron chi connectivity index (χ3n) is 2.90. The molecular weight excluding hydrogens is 166 g/mol. The summed E-state index contributed by atoms with van der Waals surface area (Å²) in [5, 5.41) is 11.1. The summed E-state index contributed by atoms with van der Waals surface area (Å²) in [6, 6.07) is 0. The Labute approximate surface area is 77.3 Å². The number of hydrogen-bond acceptors (Lipinski definition) is 4. The highest BCUT2D eigenvalue weighted by molar-refractivity contribution is 5.10. The van der Waals surface area contributed by atoms with E-state index in [9.17, 15) is 0 Å². The molecule has 0 amide bonds. The van der Waals surface area contributed by atoms with Gasteiger partial charge in [-0.1, -0.05) is 24.9 Å².